The van der Waals surface area contributed by atoms with Gasteiger partial charge in [0.05, 0.1) is 25.5 Å². The van der Waals surface area contributed by atoms with Crippen molar-refractivity contribution in [2.24, 2.45) is 5.14 Å². The van der Waals surface area contributed by atoms with Crippen molar-refractivity contribution in [3.05, 3.63) is 30.0 Å². The van der Waals surface area contributed by atoms with Gasteiger partial charge >= 0.3 is 0 Å². The Morgan fingerprint density at radius 1 is 1.17 bits per heavy atom. The van der Waals surface area contributed by atoms with Gasteiger partial charge in [-0.1, -0.05) is 6.92 Å². The lowest BCUT2D eigenvalue weighted by Crippen LogP contribution is -2.24. The molecule has 160 valence electrons. The zero-order valence-electron chi connectivity index (χ0n) is 15.9. The number of sulfonamides is 1. The van der Waals surface area contributed by atoms with E-state index in [1.807, 2.05) is 0 Å². The number of nitrogens with two attached hydrogens (primary N) is 1. The smallest absolute Gasteiger partial charge is 0.258 e. The topological polar surface area (TPSA) is 203 Å². The third-order valence-corrected chi connectivity index (χ3v) is 6.31. The number of hydrogen-bond donors (Lipinski definition) is 3. The highest BCUT2D eigenvalue weighted by atomic mass is 32.2. The van der Waals surface area contributed by atoms with E-state index in [2.05, 4.69) is 15.3 Å². The molecule has 0 radical (unpaired) electrons. The molecule has 0 saturated heterocycles. The molecule has 0 aliphatic heterocycles. The first-order valence-corrected chi connectivity index (χ1v) is 10.9. The van der Waals surface area contributed by atoms with Crippen molar-refractivity contribution < 1.29 is 31.1 Å². The van der Waals surface area contributed by atoms with E-state index in [4.69, 9.17) is 14.6 Å². The van der Waals surface area contributed by atoms with Crippen LogP contribution in [0, 0.1) is 0 Å². The number of primary sulfonamides is 1. The Morgan fingerprint density at radius 3 is 2.34 bits per heavy atom. The molecule has 0 saturated carbocycles. The minimum atomic E-state index is -4.50. The van der Waals surface area contributed by atoms with E-state index in [-0.39, 0.29) is 17.8 Å². The van der Waals surface area contributed by atoms with Crippen molar-refractivity contribution >= 4 is 31.6 Å². The van der Waals surface area contributed by atoms with Gasteiger partial charge in [-0.3, -0.25) is 4.79 Å². The highest BCUT2D eigenvalue weighted by Crippen LogP contribution is 2.26. The van der Waals surface area contributed by atoms with E-state index in [9.17, 15) is 21.6 Å². The largest absolute Gasteiger partial charge is 0.496 e. The Kier molecular flexibility index (Phi) is 7.62. The van der Waals surface area contributed by atoms with Gasteiger partial charge in [-0.25, -0.2) is 27.0 Å². The second kappa shape index (κ2) is 9.13. The van der Waals surface area contributed by atoms with E-state index in [0.717, 1.165) is 12.3 Å². The number of rotatable bonds is 7. The molecule has 0 unspecified atom stereocenters. The van der Waals surface area contributed by atoms with Crippen LogP contribution in [0.1, 0.15) is 17.3 Å². The SMILES string of the molecule is CCS(=O)(=O)c1c(C(=O)Nc2cc(OC)cc(OC)n2)ccnc1S(N)(=O)=O.N. The van der Waals surface area contributed by atoms with Gasteiger partial charge < -0.3 is 20.9 Å². The number of amides is 1. The first kappa shape index (κ1) is 24.2. The Bertz CT molecular complexity index is 1100. The second-order valence-electron chi connectivity index (χ2n) is 5.33. The predicted molar refractivity (Wildman–Crippen MR) is 104 cm³/mol. The van der Waals surface area contributed by atoms with E-state index in [0.29, 0.717) is 5.75 Å². The molecule has 29 heavy (non-hydrogen) atoms. The number of ether oxygens (including phenoxy) is 2. The molecule has 14 heteroatoms. The highest BCUT2D eigenvalue weighted by Gasteiger charge is 2.31. The third kappa shape index (κ3) is 5.38. The Balaban J connectivity index is 0.00000420. The monoisotopic (exact) mass is 447 g/mol. The Morgan fingerprint density at radius 2 is 1.83 bits per heavy atom. The van der Waals surface area contributed by atoms with Gasteiger partial charge in [0.15, 0.2) is 14.9 Å². The summed E-state index contributed by atoms with van der Waals surface area (Å²) in [4.78, 5) is 19.5. The number of hydrogen-bond acceptors (Lipinski definition) is 10. The molecule has 0 atom stereocenters. The van der Waals surface area contributed by atoms with Crippen LogP contribution in [0.3, 0.4) is 0 Å². The summed E-state index contributed by atoms with van der Waals surface area (Å²) in [5, 5.41) is 6.56. The minimum absolute atomic E-state index is 0. The lowest BCUT2D eigenvalue weighted by atomic mass is 10.2. The fraction of sp³-hybridized carbons (Fsp3) is 0.267. The quantitative estimate of drug-likeness (QED) is 0.531. The van der Waals surface area contributed by atoms with Crippen LogP contribution in [0.15, 0.2) is 34.3 Å². The predicted octanol–water partition coefficient (Wildman–Crippen LogP) is 0.349. The van der Waals surface area contributed by atoms with Crippen molar-refractivity contribution in [2.45, 2.75) is 16.8 Å². The lowest BCUT2D eigenvalue weighted by Gasteiger charge is -2.13. The number of aromatic nitrogens is 2. The Hall–Kier alpha value is -2.81. The number of nitrogens with zero attached hydrogens (tertiary/aromatic N) is 2. The molecule has 2 aromatic heterocycles. The van der Waals surface area contributed by atoms with Crippen LogP contribution in [0.5, 0.6) is 11.6 Å². The summed E-state index contributed by atoms with van der Waals surface area (Å²) < 4.78 is 58.6. The highest BCUT2D eigenvalue weighted by molar-refractivity contribution is 7.93. The zero-order chi connectivity index (χ0) is 21.1. The summed E-state index contributed by atoms with van der Waals surface area (Å²) in [7, 11) is -5.90. The number of pyridine rings is 2. The van der Waals surface area contributed by atoms with Crippen LogP contribution in [-0.4, -0.2) is 52.7 Å². The average molecular weight is 447 g/mol. The first-order valence-electron chi connectivity index (χ1n) is 7.69. The molecular weight excluding hydrogens is 426 g/mol. The standard InChI is InChI=1S/C15H18N4O7S2.H3N/c1-4-27(21,22)13-10(5-6-17-15(13)28(16,23)24)14(20)19-11-7-9(25-2)8-12(18-11)26-3;/h5-8H,4H2,1-3H3,(H2,16,23,24)(H,18,19,20);1H3. The van der Waals surface area contributed by atoms with Crippen LogP contribution >= 0.6 is 0 Å². The van der Waals surface area contributed by atoms with Gasteiger partial charge in [0.2, 0.25) is 5.88 Å². The number of carbonyl (C=O) groups is 1. The van der Waals surface area contributed by atoms with Crippen molar-refractivity contribution in [3.8, 4) is 11.6 Å². The molecule has 0 aromatic carbocycles. The molecule has 2 heterocycles. The zero-order valence-corrected chi connectivity index (χ0v) is 17.5. The fourth-order valence-electron chi connectivity index (χ4n) is 2.21. The van der Waals surface area contributed by atoms with Gasteiger partial charge in [0, 0.05) is 18.3 Å². The summed E-state index contributed by atoms with van der Waals surface area (Å²) in [6.45, 7) is 1.30. The van der Waals surface area contributed by atoms with Crippen LogP contribution in [0.25, 0.3) is 0 Å². The van der Waals surface area contributed by atoms with E-state index in [1.165, 1.54) is 33.3 Å². The minimum Gasteiger partial charge on any atom is -0.496 e. The molecule has 2 rings (SSSR count). The van der Waals surface area contributed by atoms with E-state index >= 15 is 0 Å². The summed E-state index contributed by atoms with van der Waals surface area (Å²) >= 11 is 0. The van der Waals surface area contributed by atoms with Gasteiger partial charge in [-0.05, 0) is 6.07 Å². The average Bonchev–Trinajstić information content (AvgIpc) is 2.66. The molecular formula is C15H21N5O7S2. The molecule has 0 aliphatic carbocycles. The summed E-state index contributed by atoms with van der Waals surface area (Å²) in [5.41, 5.74) is -0.440. The summed E-state index contributed by atoms with van der Waals surface area (Å²) in [6.07, 6.45) is 0.975. The maximum Gasteiger partial charge on any atom is 0.258 e. The van der Waals surface area contributed by atoms with Crippen molar-refractivity contribution in [3.63, 3.8) is 0 Å². The lowest BCUT2D eigenvalue weighted by molar-refractivity contribution is 0.102. The fourth-order valence-corrected chi connectivity index (χ4v) is 4.62. The van der Waals surface area contributed by atoms with Gasteiger partial charge in [-0.2, -0.15) is 4.98 Å². The maximum atomic E-state index is 12.7. The number of nitrogens with one attached hydrogen (secondary N) is 1. The number of sulfone groups is 1. The molecule has 6 N–H and O–H groups in total. The maximum absolute atomic E-state index is 12.7. The van der Waals surface area contributed by atoms with Crippen LogP contribution in [-0.2, 0) is 19.9 Å². The third-order valence-electron chi connectivity index (χ3n) is 3.54. The van der Waals surface area contributed by atoms with Crippen LogP contribution < -0.4 is 26.1 Å². The molecule has 0 fully saturated rings. The Labute approximate surface area is 168 Å². The molecule has 1 amide bonds. The summed E-state index contributed by atoms with van der Waals surface area (Å²) in [5.74, 6) is -0.941. The van der Waals surface area contributed by atoms with Crippen LogP contribution in [0.2, 0.25) is 0 Å². The molecule has 0 bridgehead atoms. The van der Waals surface area contributed by atoms with E-state index < -0.39 is 47.0 Å². The summed E-state index contributed by atoms with van der Waals surface area (Å²) in [6, 6.07) is 3.91. The number of methoxy groups -OCH3 is 2. The van der Waals surface area contributed by atoms with Crippen LogP contribution in [0.4, 0.5) is 5.82 Å². The van der Waals surface area contributed by atoms with Gasteiger partial charge in [0.1, 0.15) is 16.5 Å². The number of carbonyl (C=O) groups excluding carboxylic acids is 1. The number of anilines is 1. The van der Waals surface area contributed by atoms with Crippen molar-refractivity contribution in [2.75, 3.05) is 25.3 Å². The van der Waals surface area contributed by atoms with Crippen molar-refractivity contribution in [1.29, 1.82) is 0 Å². The van der Waals surface area contributed by atoms with Gasteiger partial charge in [0.25, 0.3) is 15.9 Å². The molecule has 2 aromatic rings. The van der Waals surface area contributed by atoms with Crippen molar-refractivity contribution in [1.82, 2.24) is 16.1 Å². The first-order chi connectivity index (χ1) is 13.0. The normalized spacial score (nSPS) is 11.3. The van der Waals surface area contributed by atoms with E-state index in [1.54, 1.807) is 0 Å². The van der Waals surface area contributed by atoms with Gasteiger partial charge in [-0.15, -0.1) is 0 Å². The second-order valence-corrected chi connectivity index (χ2v) is 9.02. The molecule has 0 spiro atoms. The molecule has 0 aliphatic rings. The molecule has 12 nitrogen and oxygen atoms in total.